The zero-order valence-electron chi connectivity index (χ0n) is 7.88. The van der Waals surface area contributed by atoms with Gasteiger partial charge < -0.3 is 0 Å². The van der Waals surface area contributed by atoms with Crippen molar-refractivity contribution < 1.29 is 0 Å². The molecular formula is C10H16N2. The van der Waals surface area contributed by atoms with E-state index < -0.39 is 0 Å². The average Bonchev–Trinajstić information content (AvgIpc) is 2.09. The fourth-order valence-corrected chi connectivity index (χ4v) is 1.77. The molecule has 0 heterocycles. The summed E-state index contributed by atoms with van der Waals surface area (Å²) in [6, 6.07) is 2.50. The summed E-state index contributed by atoms with van der Waals surface area (Å²) >= 11 is 0. The highest BCUT2D eigenvalue weighted by atomic mass is 14.8. The van der Waals surface area contributed by atoms with E-state index in [9.17, 15) is 0 Å². The van der Waals surface area contributed by atoms with Gasteiger partial charge in [-0.25, -0.2) is 0 Å². The second kappa shape index (κ2) is 4.25. The van der Waals surface area contributed by atoms with Crippen molar-refractivity contribution in [3.8, 4) is 6.07 Å². The minimum Gasteiger partial charge on any atom is -0.275 e. The highest BCUT2D eigenvalue weighted by Crippen LogP contribution is 2.26. The van der Waals surface area contributed by atoms with E-state index in [0.29, 0.717) is 17.7 Å². The van der Waals surface area contributed by atoms with Crippen LogP contribution in [-0.4, -0.2) is 11.8 Å². The summed E-state index contributed by atoms with van der Waals surface area (Å²) < 4.78 is 0. The summed E-state index contributed by atoms with van der Waals surface area (Å²) in [6.07, 6.45) is 5.04. The van der Waals surface area contributed by atoms with Gasteiger partial charge in [0.25, 0.3) is 0 Å². The number of hydrogen-bond acceptors (Lipinski definition) is 2. The molecule has 0 aromatic carbocycles. The first-order chi connectivity index (χ1) is 5.74. The summed E-state index contributed by atoms with van der Waals surface area (Å²) in [7, 11) is 0. The maximum Gasteiger partial charge on any atom is 0.114 e. The van der Waals surface area contributed by atoms with Crippen LogP contribution in [0.3, 0.4) is 0 Å². The van der Waals surface area contributed by atoms with Gasteiger partial charge in [0, 0.05) is 0 Å². The number of nitriles is 1. The molecule has 1 fully saturated rings. The van der Waals surface area contributed by atoms with Gasteiger partial charge in [0.15, 0.2) is 0 Å². The first-order valence-electron chi connectivity index (χ1n) is 4.68. The topological polar surface area (TPSA) is 36.1 Å². The summed E-state index contributed by atoms with van der Waals surface area (Å²) in [5.74, 6) is 0.669. The molecule has 0 saturated heterocycles. The molecule has 2 nitrogen and oxygen atoms in total. The lowest BCUT2D eigenvalue weighted by Gasteiger charge is -2.25. The van der Waals surface area contributed by atoms with Crippen molar-refractivity contribution >= 4 is 5.71 Å². The van der Waals surface area contributed by atoms with Gasteiger partial charge in [-0.15, -0.1) is 0 Å². The van der Waals surface area contributed by atoms with E-state index >= 15 is 0 Å². The minimum absolute atomic E-state index is 0.415. The molecule has 0 amide bonds. The lowest BCUT2D eigenvalue weighted by Crippen LogP contribution is -2.21. The third-order valence-corrected chi connectivity index (χ3v) is 2.59. The molecule has 0 N–H and O–H groups in total. The number of nitrogens with zero attached hydrogens (tertiary/aromatic N) is 2. The monoisotopic (exact) mass is 164 g/mol. The van der Waals surface area contributed by atoms with Crippen LogP contribution in [-0.2, 0) is 0 Å². The maximum absolute atomic E-state index is 8.57. The van der Waals surface area contributed by atoms with Crippen LogP contribution in [0.4, 0.5) is 0 Å². The van der Waals surface area contributed by atoms with Crippen LogP contribution >= 0.6 is 0 Å². The van der Waals surface area contributed by atoms with E-state index in [1.165, 1.54) is 25.7 Å². The van der Waals surface area contributed by atoms with Crippen LogP contribution in [0.25, 0.3) is 0 Å². The molecule has 0 bridgehead atoms. The molecule has 66 valence electrons. The van der Waals surface area contributed by atoms with Crippen molar-refractivity contribution in [2.75, 3.05) is 0 Å². The third kappa shape index (κ3) is 2.34. The second-order valence-corrected chi connectivity index (χ2v) is 3.66. The average molecular weight is 164 g/mol. The normalized spacial score (nSPS) is 31.2. The molecule has 1 rings (SSSR count). The van der Waals surface area contributed by atoms with Crippen LogP contribution in [0.2, 0.25) is 0 Å². The Morgan fingerprint density at radius 1 is 1.42 bits per heavy atom. The van der Waals surface area contributed by atoms with Crippen LogP contribution < -0.4 is 0 Å². The number of aliphatic imine (C=N–C) groups is 1. The maximum atomic E-state index is 8.57. The first kappa shape index (κ1) is 9.25. The Kier molecular flexibility index (Phi) is 3.28. The van der Waals surface area contributed by atoms with Gasteiger partial charge in [-0.2, -0.15) is 5.26 Å². The van der Waals surface area contributed by atoms with Crippen molar-refractivity contribution in [1.29, 1.82) is 5.26 Å². The molecule has 0 aromatic heterocycles. The summed E-state index contributed by atoms with van der Waals surface area (Å²) in [5.41, 5.74) is 0.633. The molecule has 0 spiro atoms. The molecule has 1 saturated carbocycles. The molecular weight excluding hydrogens is 148 g/mol. The largest absolute Gasteiger partial charge is 0.275 e. The van der Waals surface area contributed by atoms with Crippen molar-refractivity contribution in [3.05, 3.63) is 0 Å². The second-order valence-electron chi connectivity index (χ2n) is 3.66. The highest BCUT2D eigenvalue weighted by molar-refractivity contribution is 5.96. The lowest BCUT2D eigenvalue weighted by molar-refractivity contribution is 0.333. The SMILES string of the molecule is CC(C#N)=N[C@H]1CCCC[C@H]1C. The summed E-state index contributed by atoms with van der Waals surface area (Å²) in [4.78, 5) is 4.39. The van der Waals surface area contributed by atoms with Gasteiger partial charge >= 0.3 is 0 Å². The Bertz CT molecular complexity index is 212. The van der Waals surface area contributed by atoms with Gasteiger partial charge in [0.1, 0.15) is 11.8 Å². The van der Waals surface area contributed by atoms with Gasteiger partial charge in [-0.1, -0.05) is 19.8 Å². The Balaban J connectivity index is 2.56. The van der Waals surface area contributed by atoms with E-state index in [-0.39, 0.29) is 0 Å². The highest BCUT2D eigenvalue weighted by Gasteiger charge is 2.20. The van der Waals surface area contributed by atoms with E-state index in [0.717, 1.165) is 0 Å². The fourth-order valence-electron chi connectivity index (χ4n) is 1.77. The molecule has 1 aliphatic rings. The quantitative estimate of drug-likeness (QED) is 0.548. The number of rotatable bonds is 1. The standard InChI is InChI=1S/C10H16N2/c1-8-5-3-4-6-10(8)12-9(2)7-11/h8,10H,3-6H2,1-2H3/t8-,10+/m1/s1. The predicted molar refractivity (Wildman–Crippen MR) is 50.1 cm³/mol. The molecule has 2 heteroatoms. The van der Waals surface area contributed by atoms with Crippen LogP contribution in [0.1, 0.15) is 39.5 Å². The van der Waals surface area contributed by atoms with E-state index in [1.807, 2.05) is 0 Å². The van der Waals surface area contributed by atoms with Crippen molar-refractivity contribution in [2.45, 2.75) is 45.6 Å². The Hall–Kier alpha value is -0.840. The molecule has 0 aromatic rings. The van der Waals surface area contributed by atoms with Crippen molar-refractivity contribution in [3.63, 3.8) is 0 Å². The lowest BCUT2D eigenvalue weighted by atomic mass is 9.86. The van der Waals surface area contributed by atoms with Gasteiger partial charge in [0.05, 0.1) is 6.04 Å². The van der Waals surface area contributed by atoms with Gasteiger partial charge in [-0.05, 0) is 25.7 Å². The molecule has 12 heavy (non-hydrogen) atoms. The zero-order chi connectivity index (χ0) is 8.97. The van der Waals surface area contributed by atoms with E-state index in [1.54, 1.807) is 6.92 Å². The van der Waals surface area contributed by atoms with E-state index in [2.05, 4.69) is 18.0 Å². The molecule has 0 radical (unpaired) electrons. The molecule has 2 atom stereocenters. The Morgan fingerprint density at radius 2 is 2.08 bits per heavy atom. The predicted octanol–water partition coefficient (Wildman–Crippen LogP) is 2.55. The van der Waals surface area contributed by atoms with Crippen molar-refractivity contribution in [2.24, 2.45) is 10.9 Å². The fraction of sp³-hybridized carbons (Fsp3) is 0.800. The molecule has 0 unspecified atom stereocenters. The first-order valence-corrected chi connectivity index (χ1v) is 4.68. The molecule has 0 aliphatic heterocycles. The Morgan fingerprint density at radius 3 is 2.67 bits per heavy atom. The molecule has 1 aliphatic carbocycles. The van der Waals surface area contributed by atoms with Crippen molar-refractivity contribution in [1.82, 2.24) is 0 Å². The van der Waals surface area contributed by atoms with Gasteiger partial charge in [0.2, 0.25) is 0 Å². The third-order valence-electron chi connectivity index (χ3n) is 2.59. The van der Waals surface area contributed by atoms with Gasteiger partial charge in [-0.3, -0.25) is 4.99 Å². The minimum atomic E-state index is 0.415. The zero-order valence-corrected chi connectivity index (χ0v) is 7.88. The van der Waals surface area contributed by atoms with Crippen LogP contribution in [0.15, 0.2) is 4.99 Å². The van der Waals surface area contributed by atoms with Crippen LogP contribution in [0, 0.1) is 17.2 Å². The summed E-state index contributed by atoms with van der Waals surface area (Å²) in [6.45, 7) is 4.03. The number of hydrogen-bond donors (Lipinski definition) is 0. The summed E-state index contributed by atoms with van der Waals surface area (Å²) in [5, 5.41) is 8.57. The van der Waals surface area contributed by atoms with Crippen LogP contribution in [0.5, 0.6) is 0 Å². The Labute approximate surface area is 74.3 Å². The smallest absolute Gasteiger partial charge is 0.114 e. The van der Waals surface area contributed by atoms with E-state index in [4.69, 9.17) is 5.26 Å².